The summed E-state index contributed by atoms with van der Waals surface area (Å²) in [5.74, 6) is 0.00103. The van der Waals surface area contributed by atoms with Crippen LogP contribution in [-0.2, 0) is 27.3 Å². The average Bonchev–Trinajstić information content (AvgIpc) is 3.10. The highest BCUT2D eigenvalue weighted by Gasteiger charge is 2.30. The Labute approximate surface area is 306 Å². The molecule has 4 aromatic rings. The molecule has 1 N–H and O–H groups in total. The topological polar surface area (TPSA) is 114 Å². The molecule has 2 aliphatic heterocycles. The second kappa shape index (κ2) is 16.1. The molecule has 4 heterocycles. The molecule has 1 amide bonds. The monoisotopic (exact) mass is 703 g/mol. The number of piperidine rings is 1. The number of ketones is 1. The lowest BCUT2D eigenvalue weighted by Crippen LogP contribution is -2.41. The number of anilines is 2. The maximum atomic E-state index is 14.3. The van der Waals surface area contributed by atoms with Crippen LogP contribution in [0, 0.1) is 11.8 Å². The van der Waals surface area contributed by atoms with Gasteiger partial charge in [0.1, 0.15) is 17.9 Å². The summed E-state index contributed by atoms with van der Waals surface area (Å²) in [5, 5.41) is 3.61. The summed E-state index contributed by atoms with van der Waals surface area (Å²) in [6.07, 6.45) is 7.22. The minimum atomic E-state index is -0.674. The Morgan fingerprint density at radius 1 is 1.02 bits per heavy atom. The molecule has 2 atom stereocenters. The first-order chi connectivity index (χ1) is 24.9. The number of aromatic nitrogens is 2. The second-order valence-electron chi connectivity index (χ2n) is 15.2. The van der Waals surface area contributed by atoms with E-state index in [9.17, 15) is 14.4 Å². The van der Waals surface area contributed by atoms with Crippen LogP contribution in [-0.4, -0.2) is 71.5 Å². The fourth-order valence-electron chi connectivity index (χ4n) is 7.14. The zero-order chi connectivity index (χ0) is 36.8. The van der Waals surface area contributed by atoms with Gasteiger partial charge in [0.2, 0.25) is 0 Å². The lowest BCUT2D eigenvalue weighted by molar-refractivity contribution is -0.156. The number of amides is 1. The minimum Gasteiger partial charge on any atom is -0.460 e. The van der Waals surface area contributed by atoms with E-state index in [0.29, 0.717) is 24.4 Å². The van der Waals surface area contributed by atoms with Crippen molar-refractivity contribution in [2.24, 2.45) is 11.8 Å². The number of hydrogen-bond donors (Lipinski definition) is 1. The molecule has 0 unspecified atom stereocenters. The Balaban J connectivity index is 1.27. The third kappa shape index (κ3) is 9.61. The number of likely N-dealkylation sites (N-methyl/N-ethyl adjacent to an activating group) is 1. The third-order valence-electron chi connectivity index (χ3n) is 9.51. The maximum absolute atomic E-state index is 14.3. The zero-order valence-electron chi connectivity index (χ0n) is 30.9. The van der Waals surface area contributed by atoms with Gasteiger partial charge in [0.15, 0.2) is 5.78 Å². The lowest BCUT2D eigenvalue weighted by atomic mass is 9.87. The van der Waals surface area contributed by atoms with Gasteiger partial charge in [-0.25, -0.2) is 9.78 Å². The van der Waals surface area contributed by atoms with Crippen LogP contribution in [0.4, 0.5) is 16.2 Å². The van der Waals surface area contributed by atoms with Gasteiger partial charge in [-0.15, -0.1) is 0 Å². The first-order valence-corrected chi connectivity index (χ1v) is 18.1. The van der Waals surface area contributed by atoms with Gasteiger partial charge in [0, 0.05) is 61.6 Å². The Morgan fingerprint density at radius 2 is 1.83 bits per heavy atom. The van der Waals surface area contributed by atoms with Gasteiger partial charge in [-0.1, -0.05) is 55.5 Å². The van der Waals surface area contributed by atoms with Crippen LogP contribution < -0.4 is 10.2 Å². The van der Waals surface area contributed by atoms with Gasteiger partial charge in [-0.05, 0) is 87.4 Å². The number of nitrogens with zero attached hydrogens (tertiary/aromatic N) is 4. The second-order valence-corrected chi connectivity index (χ2v) is 15.2. The highest BCUT2D eigenvalue weighted by Crippen LogP contribution is 2.33. The first kappa shape index (κ1) is 36.7. The molecule has 1 saturated heterocycles. The van der Waals surface area contributed by atoms with Crippen molar-refractivity contribution >= 4 is 45.7 Å². The van der Waals surface area contributed by atoms with Crippen LogP contribution in [0.2, 0.25) is 0 Å². The number of nitrogens with one attached hydrogen (secondary N) is 1. The number of hydrogen-bond acceptors (Lipinski definition) is 9. The van der Waals surface area contributed by atoms with Crippen molar-refractivity contribution in [2.75, 3.05) is 43.4 Å². The van der Waals surface area contributed by atoms with Crippen LogP contribution in [0.15, 0.2) is 79.1 Å². The van der Waals surface area contributed by atoms with Gasteiger partial charge >= 0.3 is 12.1 Å². The molecule has 10 heteroatoms. The predicted octanol–water partition coefficient (Wildman–Crippen LogP) is 7.72. The van der Waals surface area contributed by atoms with Gasteiger partial charge in [0.25, 0.3) is 0 Å². The van der Waals surface area contributed by atoms with Crippen LogP contribution in [0.3, 0.4) is 0 Å². The average molecular weight is 704 g/mol. The van der Waals surface area contributed by atoms with Gasteiger partial charge < -0.3 is 19.3 Å². The quantitative estimate of drug-likeness (QED) is 0.131. The number of carbonyl (C=O) groups excluding carboxylic acids is 3. The third-order valence-corrected chi connectivity index (χ3v) is 9.51. The molecule has 0 aliphatic carbocycles. The summed E-state index contributed by atoms with van der Waals surface area (Å²) in [6, 6.07) is 19.2. The van der Waals surface area contributed by atoms with Crippen molar-refractivity contribution < 1.29 is 23.9 Å². The molecule has 0 radical (unpaired) electrons. The van der Waals surface area contributed by atoms with E-state index in [1.54, 1.807) is 18.5 Å². The van der Waals surface area contributed by atoms with E-state index in [-0.39, 0.29) is 42.1 Å². The van der Waals surface area contributed by atoms with E-state index in [0.717, 1.165) is 60.2 Å². The van der Waals surface area contributed by atoms with Gasteiger partial charge in [-0.3, -0.25) is 19.9 Å². The van der Waals surface area contributed by atoms with Crippen LogP contribution >= 0.6 is 0 Å². The van der Waals surface area contributed by atoms with Crippen molar-refractivity contribution in [3.05, 3.63) is 102 Å². The van der Waals surface area contributed by atoms with E-state index >= 15 is 0 Å². The van der Waals surface area contributed by atoms with Gasteiger partial charge in [-0.2, -0.15) is 0 Å². The van der Waals surface area contributed by atoms with Crippen LogP contribution in [0.1, 0.15) is 74.1 Å². The number of rotatable bonds is 10. The van der Waals surface area contributed by atoms with Crippen molar-refractivity contribution in [3.63, 3.8) is 0 Å². The summed E-state index contributed by atoms with van der Waals surface area (Å²) in [5.41, 5.74) is 5.41. The SMILES string of the molecule is C[C@@H]1C[C@H](CC(=O)OC(C)(C)C)CN(c2ccncc2CC(=O)c2nc3cc(C4=CCN(C)CC4)ccc3cc2NC(=O)OCc2ccccc2)C1. The van der Waals surface area contributed by atoms with E-state index in [2.05, 4.69) is 46.2 Å². The molecule has 272 valence electrons. The van der Waals surface area contributed by atoms with Crippen molar-refractivity contribution in [1.82, 2.24) is 14.9 Å². The molecule has 0 bridgehead atoms. The molecule has 10 nitrogen and oxygen atoms in total. The molecule has 52 heavy (non-hydrogen) atoms. The number of carbonyl (C=O) groups is 3. The number of Topliss-reactive ketones (excluding diaryl/α,β-unsaturated/α-hetero) is 1. The summed E-state index contributed by atoms with van der Waals surface area (Å²) >= 11 is 0. The molecule has 0 spiro atoms. The fourth-order valence-corrected chi connectivity index (χ4v) is 7.14. The maximum Gasteiger partial charge on any atom is 0.412 e. The summed E-state index contributed by atoms with van der Waals surface area (Å²) in [7, 11) is 2.11. The lowest BCUT2D eigenvalue weighted by Gasteiger charge is -2.38. The Morgan fingerprint density at radius 3 is 2.58 bits per heavy atom. The van der Waals surface area contributed by atoms with Crippen molar-refractivity contribution in [3.8, 4) is 0 Å². The van der Waals surface area contributed by atoms with Crippen molar-refractivity contribution in [2.45, 2.75) is 65.6 Å². The Kier molecular flexibility index (Phi) is 11.3. The van der Waals surface area contributed by atoms with E-state index in [4.69, 9.17) is 14.5 Å². The molecule has 0 saturated carbocycles. The molecule has 2 aromatic heterocycles. The highest BCUT2D eigenvalue weighted by atomic mass is 16.6. The minimum absolute atomic E-state index is 0.0220. The Bertz CT molecular complexity index is 1950. The van der Waals surface area contributed by atoms with Gasteiger partial charge in [0.05, 0.1) is 17.6 Å². The number of esters is 1. The molecule has 2 aromatic carbocycles. The molecule has 6 rings (SSSR count). The number of ether oxygens (including phenoxy) is 2. The molecular formula is C42H49N5O5. The summed E-state index contributed by atoms with van der Waals surface area (Å²) in [4.78, 5) is 54.0. The zero-order valence-corrected chi connectivity index (χ0v) is 30.9. The first-order valence-electron chi connectivity index (χ1n) is 18.1. The Hall–Kier alpha value is -5.09. The predicted molar refractivity (Wildman–Crippen MR) is 204 cm³/mol. The smallest absolute Gasteiger partial charge is 0.412 e. The van der Waals surface area contributed by atoms with E-state index in [1.807, 2.05) is 69.3 Å². The number of pyridine rings is 2. The number of benzene rings is 2. The largest absolute Gasteiger partial charge is 0.460 e. The van der Waals surface area contributed by atoms with E-state index < -0.39 is 11.7 Å². The van der Waals surface area contributed by atoms with Crippen molar-refractivity contribution in [1.29, 1.82) is 0 Å². The van der Waals surface area contributed by atoms with Crippen LogP contribution in [0.5, 0.6) is 0 Å². The molecule has 1 fully saturated rings. The normalized spacial score (nSPS) is 18.1. The summed E-state index contributed by atoms with van der Waals surface area (Å²) in [6.45, 7) is 11.2. The standard InChI is InChI=1S/C42H49N5O5/c1-28-19-30(20-39(49)52-42(2,3)4)26-47(25-28)37-13-16-43-24-34(37)23-38(48)40-36(45-41(50)51-27-29-9-7-6-8-10-29)22-33-12-11-32(21-35(33)44-40)31-14-17-46(5)18-15-31/h6-14,16,21-22,24,28,30H,15,17-20,23,25-27H2,1-5H3,(H,45,50)/t28-,30-/m1/s1. The molecule has 2 aliphatic rings. The molecular weight excluding hydrogens is 654 g/mol. The van der Waals surface area contributed by atoms with Crippen LogP contribution in [0.25, 0.3) is 16.5 Å². The highest BCUT2D eigenvalue weighted by molar-refractivity contribution is 6.06. The summed E-state index contributed by atoms with van der Waals surface area (Å²) < 4.78 is 11.2. The number of fused-ring (bicyclic) bond motifs is 1. The fraction of sp³-hybridized carbons (Fsp3) is 0.405. The van der Waals surface area contributed by atoms with E-state index in [1.165, 1.54) is 5.57 Å².